The SMILES string of the molecule is CCN1c2cc(OC)c(OC)cc2C(C)=C(C(=O)N2CCCCCC2)S1(=O)=O. The zero-order valence-electron chi connectivity index (χ0n) is 16.9. The number of carbonyl (C=O) groups excluding carboxylic acids is 1. The van der Waals surface area contributed by atoms with Gasteiger partial charge >= 0.3 is 0 Å². The Balaban J connectivity index is 2.19. The van der Waals surface area contributed by atoms with Gasteiger partial charge in [-0.2, -0.15) is 0 Å². The summed E-state index contributed by atoms with van der Waals surface area (Å²) < 4.78 is 38.8. The smallest absolute Gasteiger partial charge is 0.270 e. The van der Waals surface area contributed by atoms with Gasteiger partial charge in [-0.15, -0.1) is 0 Å². The number of nitrogens with zero attached hydrogens (tertiary/aromatic N) is 2. The normalized spacial score (nSPS) is 19.1. The molecule has 7 nitrogen and oxygen atoms in total. The molecule has 0 saturated carbocycles. The molecule has 0 spiro atoms. The molecule has 3 rings (SSSR count). The zero-order valence-corrected chi connectivity index (χ0v) is 17.8. The maximum absolute atomic E-state index is 13.4. The molecule has 0 N–H and O–H groups in total. The van der Waals surface area contributed by atoms with Gasteiger partial charge in [0.1, 0.15) is 0 Å². The number of anilines is 1. The fraction of sp³-hybridized carbons (Fsp3) is 0.550. The highest BCUT2D eigenvalue weighted by molar-refractivity contribution is 7.97. The maximum Gasteiger partial charge on any atom is 0.270 e. The van der Waals surface area contributed by atoms with E-state index in [1.807, 2.05) is 0 Å². The molecule has 2 heterocycles. The van der Waals surface area contributed by atoms with Crippen LogP contribution in [0.25, 0.3) is 5.57 Å². The molecule has 1 amide bonds. The van der Waals surface area contributed by atoms with Crippen LogP contribution in [0.4, 0.5) is 5.69 Å². The molecular formula is C20H28N2O5S. The first kappa shape index (κ1) is 20.5. The minimum Gasteiger partial charge on any atom is -0.493 e. The summed E-state index contributed by atoms with van der Waals surface area (Å²) in [7, 11) is -0.916. The summed E-state index contributed by atoms with van der Waals surface area (Å²) in [5.74, 6) is 0.542. The highest BCUT2D eigenvalue weighted by Crippen LogP contribution is 2.45. The Labute approximate surface area is 167 Å². The van der Waals surface area contributed by atoms with Gasteiger partial charge in [-0.05, 0) is 38.3 Å². The Kier molecular flexibility index (Phi) is 5.88. The van der Waals surface area contributed by atoms with Crippen LogP contribution in [0.5, 0.6) is 11.5 Å². The van der Waals surface area contributed by atoms with Crippen LogP contribution in [0.15, 0.2) is 17.0 Å². The Morgan fingerprint density at radius 1 is 1.04 bits per heavy atom. The van der Waals surface area contributed by atoms with E-state index in [0.29, 0.717) is 41.4 Å². The van der Waals surface area contributed by atoms with Crippen molar-refractivity contribution in [3.05, 3.63) is 22.6 Å². The van der Waals surface area contributed by atoms with Crippen LogP contribution in [0.3, 0.4) is 0 Å². The lowest BCUT2D eigenvalue weighted by Gasteiger charge is -2.34. The van der Waals surface area contributed by atoms with Crippen LogP contribution in [-0.2, 0) is 14.8 Å². The predicted molar refractivity (Wildman–Crippen MR) is 109 cm³/mol. The first-order chi connectivity index (χ1) is 13.4. The van der Waals surface area contributed by atoms with Gasteiger partial charge in [0.05, 0.1) is 19.9 Å². The van der Waals surface area contributed by atoms with Gasteiger partial charge in [-0.3, -0.25) is 9.10 Å². The number of benzene rings is 1. The molecular weight excluding hydrogens is 380 g/mol. The van der Waals surface area contributed by atoms with E-state index < -0.39 is 15.9 Å². The molecule has 0 atom stereocenters. The van der Waals surface area contributed by atoms with Crippen molar-refractivity contribution < 1.29 is 22.7 Å². The van der Waals surface area contributed by atoms with Crippen LogP contribution < -0.4 is 13.8 Å². The molecule has 2 aliphatic heterocycles. The molecule has 154 valence electrons. The second-order valence-corrected chi connectivity index (χ2v) is 8.85. The number of hydrogen-bond donors (Lipinski definition) is 0. The van der Waals surface area contributed by atoms with Crippen molar-refractivity contribution in [3.8, 4) is 11.5 Å². The maximum atomic E-state index is 13.4. The van der Waals surface area contributed by atoms with Gasteiger partial charge in [0.2, 0.25) is 0 Å². The highest BCUT2D eigenvalue weighted by atomic mass is 32.2. The lowest BCUT2D eigenvalue weighted by atomic mass is 10.0. The summed E-state index contributed by atoms with van der Waals surface area (Å²) in [4.78, 5) is 14.8. The number of hydrogen-bond acceptors (Lipinski definition) is 5. The number of likely N-dealkylation sites (tertiary alicyclic amines) is 1. The molecule has 0 unspecified atom stereocenters. The fourth-order valence-electron chi connectivity index (χ4n) is 3.96. The van der Waals surface area contributed by atoms with Crippen molar-refractivity contribution in [1.29, 1.82) is 0 Å². The second-order valence-electron chi connectivity index (χ2n) is 7.05. The number of carbonyl (C=O) groups is 1. The van der Waals surface area contributed by atoms with Crippen LogP contribution in [0, 0.1) is 0 Å². The van der Waals surface area contributed by atoms with Gasteiger partial charge < -0.3 is 14.4 Å². The van der Waals surface area contributed by atoms with Gasteiger partial charge in [0.25, 0.3) is 15.9 Å². The largest absolute Gasteiger partial charge is 0.493 e. The van der Waals surface area contributed by atoms with Gasteiger partial charge in [-0.25, -0.2) is 8.42 Å². The summed E-state index contributed by atoms with van der Waals surface area (Å²) in [6.45, 7) is 4.86. The number of amides is 1. The molecule has 28 heavy (non-hydrogen) atoms. The summed E-state index contributed by atoms with van der Waals surface area (Å²) >= 11 is 0. The van der Waals surface area contributed by atoms with E-state index in [9.17, 15) is 13.2 Å². The molecule has 1 aromatic carbocycles. The van der Waals surface area contributed by atoms with E-state index in [0.717, 1.165) is 25.7 Å². The van der Waals surface area contributed by atoms with E-state index in [2.05, 4.69) is 0 Å². The topological polar surface area (TPSA) is 76.2 Å². The summed E-state index contributed by atoms with van der Waals surface area (Å²) in [5, 5.41) is 0. The molecule has 0 radical (unpaired) electrons. The predicted octanol–water partition coefficient (Wildman–Crippen LogP) is 3.01. The van der Waals surface area contributed by atoms with Gasteiger partial charge in [-0.1, -0.05) is 12.8 Å². The monoisotopic (exact) mass is 408 g/mol. The number of sulfonamides is 1. The van der Waals surface area contributed by atoms with E-state index in [1.165, 1.54) is 18.5 Å². The third kappa shape index (κ3) is 3.34. The number of ether oxygens (including phenoxy) is 2. The lowest BCUT2D eigenvalue weighted by molar-refractivity contribution is -0.126. The summed E-state index contributed by atoms with van der Waals surface area (Å²) in [5.41, 5.74) is 1.63. The molecule has 8 heteroatoms. The first-order valence-corrected chi connectivity index (χ1v) is 11.1. The standard InChI is InChI=1S/C20H28N2O5S/c1-5-22-16-13-18(27-4)17(26-3)12-15(16)14(2)19(28(22,24)25)20(23)21-10-8-6-7-9-11-21/h12-13H,5-11H2,1-4H3. The van der Waals surface area contributed by atoms with E-state index in [-0.39, 0.29) is 11.4 Å². The molecule has 0 aromatic heterocycles. The second kappa shape index (κ2) is 8.03. The van der Waals surface area contributed by atoms with Crippen molar-refractivity contribution >= 4 is 27.2 Å². The van der Waals surface area contributed by atoms with E-state index >= 15 is 0 Å². The Morgan fingerprint density at radius 3 is 2.14 bits per heavy atom. The van der Waals surface area contributed by atoms with Gasteiger partial charge in [0, 0.05) is 31.3 Å². The van der Waals surface area contributed by atoms with E-state index in [4.69, 9.17) is 9.47 Å². The highest BCUT2D eigenvalue weighted by Gasteiger charge is 2.41. The molecule has 2 aliphatic rings. The Hall–Kier alpha value is -2.22. The van der Waals surface area contributed by atoms with Crippen molar-refractivity contribution in [2.75, 3.05) is 38.2 Å². The zero-order chi connectivity index (χ0) is 20.5. The fourth-order valence-corrected chi connectivity index (χ4v) is 5.78. The van der Waals surface area contributed by atoms with E-state index in [1.54, 1.807) is 30.9 Å². The molecule has 0 bridgehead atoms. The van der Waals surface area contributed by atoms with Crippen molar-refractivity contribution in [2.24, 2.45) is 0 Å². The average molecular weight is 409 g/mol. The van der Waals surface area contributed by atoms with Crippen LogP contribution in [0.2, 0.25) is 0 Å². The first-order valence-electron chi connectivity index (χ1n) is 9.66. The van der Waals surface area contributed by atoms with Crippen molar-refractivity contribution in [1.82, 2.24) is 4.90 Å². The van der Waals surface area contributed by atoms with Crippen molar-refractivity contribution in [3.63, 3.8) is 0 Å². The molecule has 1 fully saturated rings. The lowest BCUT2D eigenvalue weighted by Crippen LogP contribution is -2.43. The van der Waals surface area contributed by atoms with Crippen LogP contribution in [0.1, 0.15) is 45.1 Å². The summed E-state index contributed by atoms with van der Waals surface area (Å²) in [6.07, 6.45) is 3.93. The quantitative estimate of drug-likeness (QED) is 0.765. The van der Waals surface area contributed by atoms with Crippen molar-refractivity contribution in [2.45, 2.75) is 39.5 Å². The summed E-state index contributed by atoms with van der Waals surface area (Å²) in [6, 6.07) is 3.41. The van der Waals surface area contributed by atoms with Gasteiger partial charge in [0.15, 0.2) is 16.4 Å². The molecule has 1 aromatic rings. The third-order valence-corrected chi connectivity index (χ3v) is 7.47. The van der Waals surface area contributed by atoms with Crippen LogP contribution in [-0.4, -0.2) is 53.1 Å². The number of rotatable bonds is 4. The number of fused-ring (bicyclic) bond motifs is 1. The number of methoxy groups -OCH3 is 2. The average Bonchev–Trinajstić information content (AvgIpc) is 2.96. The van der Waals surface area contributed by atoms with Crippen LogP contribution >= 0.6 is 0 Å². The molecule has 1 saturated heterocycles. The Morgan fingerprint density at radius 2 is 1.61 bits per heavy atom. The minimum absolute atomic E-state index is 0.129. The Bertz CT molecular complexity index is 899. The third-order valence-electron chi connectivity index (χ3n) is 5.44. The minimum atomic E-state index is -3.96. The molecule has 0 aliphatic carbocycles. The number of allylic oxidation sites excluding steroid dienone is 1.